The van der Waals surface area contributed by atoms with Crippen LogP contribution in [0.5, 0.6) is 11.5 Å². The molecule has 1 heterocycles. The summed E-state index contributed by atoms with van der Waals surface area (Å²) in [7, 11) is 1.64. The Morgan fingerprint density at radius 2 is 1.95 bits per heavy atom. The monoisotopic (exact) mass is 298 g/mol. The quantitative estimate of drug-likeness (QED) is 0.925. The lowest BCUT2D eigenvalue weighted by Gasteiger charge is -2.27. The van der Waals surface area contributed by atoms with Crippen molar-refractivity contribution in [3.63, 3.8) is 0 Å². The van der Waals surface area contributed by atoms with Crippen LogP contribution in [0.15, 0.2) is 48.5 Å². The lowest BCUT2D eigenvalue weighted by Crippen LogP contribution is -2.36. The van der Waals surface area contributed by atoms with E-state index >= 15 is 0 Å². The summed E-state index contributed by atoms with van der Waals surface area (Å²) in [5, 5.41) is 2.63. The van der Waals surface area contributed by atoms with Crippen LogP contribution in [-0.2, 0) is 4.79 Å². The maximum atomic E-state index is 12.0. The minimum atomic E-state index is -0.633. The summed E-state index contributed by atoms with van der Waals surface area (Å²) in [6.07, 6.45) is -0.633. The SMILES string of the molecule is CN1C(=O)COc2cccc(NC(=O)Oc3ccccc3)c21. The lowest BCUT2D eigenvalue weighted by molar-refractivity contribution is -0.120. The molecule has 112 valence electrons. The first kappa shape index (κ1) is 13.9. The largest absolute Gasteiger partial charge is 0.481 e. The number of carbonyl (C=O) groups excluding carboxylic acids is 2. The van der Waals surface area contributed by atoms with Crippen molar-refractivity contribution in [2.75, 3.05) is 23.9 Å². The van der Waals surface area contributed by atoms with Gasteiger partial charge in [0.15, 0.2) is 6.61 Å². The smallest absolute Gasteiger partial charge is 0.417 e. The van der Waals surface area contributed by atoms with E-state index in [1.54, 1.807) is 49.5 Å². The number of fused-ring (bicyclic) bond motifs is 1. The molecule has 2 aromatic rings. The molecule has 1 aliphatic rings. The number of anilines is 2. The number of benzene rings is 2. The number of hydrogen-bond acceptors (Lipinski definition) is 4. The average Bonchev–Trinajstić information content (AvgIpc) is 2.52. The fourth-order valence-electron chi connectivity index (χ4n) is 2.18. The third-order valence-electron chi connectivity index (χ3n) is 3.25. The molecule has 3 rings (SSSR count). The van der Waals surface area contributed by atoms with Gasteiger partial charge >= 0.3 is 6.09 Å². The van der Waals surface area contributed by atoms with E-state index in [9.17, 15) is 9.59 Å². The summed E-state index contributed by atoms with van der Waals surface area (Å²) in [5.41, 5.74) is 0.970. The first-order chi connectivity index (χ1) is 10.6. The Hall–Kier alpha value is -3.02. The van der Waals surface area contributed by atoms with Crippen LogP contribution in [0.4, 0.5) is 16.2 Å². The highest BCUT2D eigenvalue weighted by atomic mass is 16.6. The molecule has 6 nitrogen and oxygen atoms in total. The number of amides is 2. The summed E-state index contributed by atoms with van der Waals surface area (Å²) in [5.74, 6) is 0.795. The second-order valence-electron chi connectivity index (χ2n) is 4.72. The van der Waals surface area contributed by atoms with Gasteiger partial charge in [0, 0.05) is 7.05 Å². The molecule has 0 saturated carbocycles. The van der Waals surface area contributed by atoms with Crippen molar-refractivity contribution in [3.05, 3.63) is 48.5 Å². The normalized spacial score (nSPS) is 13.1. The molecule has 0 fully saturated rings. The molecule has 0 saturated heterocycles. The highest BCUT2D eigenvalue weighted by Crippen LogP contribution is 2.38. The molecule has 0 aliphatic carbocycles. The van der Waals surface area contributed by atoms with Crippen LogP contribution in [0, 0.1) is 0 Å². The fourth-order valence-corrected chi connectivity index (χ4v) is 2.18. The van der Waals surface area contributed by atoms with E-state index in [2.05, 4.69) is 5.32 Å². The Balaban J connectivity index is 1.81. The van der Waals surface area contributed by atoms with Crippen LogP contribution < -0.4 is 19.7 Å². The number of para-hydroxylation sites is 2. The maximum absolute atomic E-state index is 12.0. The van der Waals surface area contributed by atoms with Gasteiger partial charge in [-0.15, -0.1) is 0 Å². The molecule has 0 aromatic heterocycles. The van der Waals surface area contributed by atoms with Gasteiger partial charge in [0.05, 0.1) is 5.69 Å². The van der Waals surface area contributed by atoms with Gasteiger partial charge < -0.3 is 14.4 Å². The third kappa shape index (κ3) is 2.71. The van der Waals surface area contributed by atoms with Crippen molar-refractivity contribution in [1.29, 1.82) is 0 Å². The van der Waals surface area contributed by atoms with Crippen molar-refractivity contribution in [2.45, 2.75) is 0 Å². The van der Waals surface area contributed by atoms with E-state index in [0.717, 1.165) is 0 Å². The topological polar surface area (TPSA) is 67.9 Å². The number of nitrogens with zero attached hydrogens (tertiary/aromatic N) is 1. The molecule has 1 aliphatic heterocycles. The van der Waals surface area contributed by atoms with Gasteiger partial charge in [0.25, 0.3) is 5.91 Å². The first-order valence-electron chi connectivity index (χ1n) is 6.71. The number of ether oxygens (including phenoxy) is 2. The molecule has 0 radical (unpaired) electrons. The Bertz CT molecular complexity index is 715. The summed E-state index contributed by atoms with van der Waals surface area (Å²) in [4.78, 5) is 25.2. The number of rotatable bonds is 2. The van der Waals surface area contributed by atoms with Crippen molar-refractivity contribution in [2.24, 2.45) is 0 Å². The third-order valence-corrected chi connectivity index (χ3v) is 3.25. The minimum absolute atomic E-state index is 0.0125. The van der Waals surface area contributed by atoms with Gasteiger partial charge in [-0.1, -0.05) is 24.3 Å². The first-order valence-corrected chi connectivity index (χ1v) is 6.71. The van der Waals surface area contributed by atoms with E-state index in [4.69, 9.17) is 9.47 Å². The Labute approximate surface area is 127 Å². The zero-order valence-corrected chi connectivity index (χ0v) is 11.9. The standard InChI is InChI=1S/C16H14N2O4/c1-18-14(19)10-21-13-9-5-8-12(15(13)18)17-16(20)22-11-6-3-2-4-7-11/h2-9H,10H2,1H3,(H,17,20). The molecule has 0 unspecified atom stereocenters. The average molecular weight is 298 g/mol. The number of carbonyl (C=O) groups is 2. The predicted molar refractivity (Wildman–Crippen MR) is 81.4 cm³/mol. The molecule has 0 atom stereocenters. The van der Waals surface area contributed by atoms with Crippen LogP contribution >= 0.6 is 0 Å². The minimum Gasteiger partial charge on any atom is -0.481 e. The van der Waals surface area contributed by atoms with Gasteiger partial charge in [0.1, 0.15) is 17.2 Å². The number of nitrogens with one attached hydrogen (secondary N) is 1. The van der Waals surface area contributed by atoms with Crippen LogP contribution in [0.2, 0.25) is 0 Å². The van der Waals surface area contributed by atoms with Gasteiger partial charge in [-0.2, -0.15) is 0 Å². The highest BCUT2D eigenvalue weighted by molar-refractivity contribution is 6.03. The molecule has 2 aromatic carbocycles. The fraction of sp³-hybridized carbons (Fsp3) is 0.125. The van der Waals surface area contributed by atoms with Crippen LogP contribution in [-0.4, -0.2) is 25.7 Å². The van der Waals surface area contributed by atoms with E-state index in [0.29, 0.717) is 22.9 Å². The molecular weight excluding hydrogens is 284 g/mol. The Morgan fingerprint density at radius 1 is 1.18 bits per heavy atom. The highest BCUT2D eigenvalue weighted by Gasteiger charge is 2.25. The summed E-state index contributed by atoms with van der Waals surface area (Å²) >= 11 is 0. The molecule has 1 N–H and O–H groups in total. The molecular formula is C16H14N2O4. The van der Waals surface area contributed by atoms with Crippen LogP contribution in [0.3, 0.4) is 0 Å². The Kier molecular flexibility index (Phi) is 3.65. The second kappa shape index (κ2) is 5.77. The zero-order chi connectivity index (χ0) is 15.5. The maximum Gasteiger partial charge on any atom is 0.417 e. The van der Waals surface area contributed by atoms with E-state index in [1.165, 1.54) is 4.90 Å². The van der Waals surface area contributed by atoms with Crippen LogP contribution in [0.1, 0.15) is 0 Å². The van der Waals surface area contributed by atoms with Crippen molar-refractivity contribution < 1.29 is 19.1 Å². The predicted octanol–water partition coefficient (Wildman–Crippen LogP) is 2.65. The van der Waals surface area contributed by atoms with Gasteiger partial charge in [-0.05, 0) is 24.3 Å². The molecule has 2 amide bonds. The lowest BCUT2D eigenvalue weighted by atomic mass is 10.2. The van der Waals surface area contributed by atoms with Gasteiger partial charge in [-0.3, -0.25) is 10.1 Å². The Morgan fingerprint density at radius 3 is 2.73 bits per heavy atom. The van der Waals surface area contributed by atoms with E-state index in [1.807, 2.05) is 6.07 Å². The summed E-state index contributed by atoms with van der Waals surface area (Å²) in [6, 6.07) is 13.9. The van der Waals surface area contributed by atoms with Crippen molar-refractivity contribution in [3.8, 4) is 11.5 Å². The molecule has 22 heavy (non-hydrogen) atoms. The van der Waals surface area contributed by atoms with Crippen molar-refractivity contribution >= 4 is 23.4 Å². The van der Waals surface area contributed by atoms with Crippen LogP contribution in [0.25, 0.3) is 0 Å². The summed E-state index contributed by atoms with van der Waals surface area (Å²) < 4.78 is 10.5. The van der Waals surface area contributed by atoms with Gasteiger partial charge in [0.2, 0.25) is 0 Å². The van der Waals surface area contributed by atoms with Crippen molar-refractivity contribution in [1.82, 2.24) is 0 Å². The molecule has 0 bridgehead atoms. The zero-order valence-electron chi connectivity index (χ0n) is 11.9. The summed E-state index contributed by atoms with van der Waals surface area (Å²) in [6.45, 7) is -0.0125. The van der Waals surface area contributed by atoms with E-state index < -0.39 is 6.09 Å². The van der Waals surface area contributed by atoms with E-state index in [-0.39, 0.29) is 12.5 Å². The second-order valence-corrected chi connectivity index (χ2v) is 4.72. The number of hydrogen-bond donors (Lipinski definition) is 1. The number of likely N-dealkylation sites (N-methyl/N-ethyl adjacent to an activating group) is 1. The molecule has 6 heteroatoms. The van der Waals surface area contributed by atoms with Gasteiger partial charge in [-0.25, -0.2) is 4.79 Å². The molecule has 0 spiro atoms.